The Balaban J connectivity index is 4.99. The fraction of sp³-hybridized carbons (Fsp3) is 0.786. The Morgan fingerprint density at radius 3 is 1.93 bits per heavy atom. The van der Waals surface area contributed by atoms with Gasteiger partial charge in [0.15, 0.2) is 0 Å². The summed E-state index contributed by atoms with van der Waals surface area (Å²) < 4.78 is 0. The molecule has 0 aliphatic heterocycles. The molecule has 88 valence electrons. The van der Waals surface area contributed by atoms with Crippen LogP contribution in [0.2, 0.25) is 0 Å². The lowest BCUT2D eigenvalue weighted by Gasteiger charge is -2.19. The molecule has 0 fully saturated rings. The molecule has 0 aliphatic carbocycles. The second-order valence-corrected chi connectivity index (χ2v) is 5.28. The zero-order valence-corrected chi connectivity index (χ0v) is 11.6. The van der Waals surface area contributed by atoms with E-state index < -0.39 is 0 Å². The summed E-state index contributed by atoms with van der Waals surface area (Å²) in [6.07, 6.45) is 3.39. The van der Waals surface area contributed by atoms with Crippen LogP contribution in [0.15, 0.2) is 16.3 Å². The molecule has 0 spiro atoms. The second kappa shape index (κ2) is 6.09. The van der Waals surface area contributed by atoms with E-state index in [1.165, 1.54) is 23.4 Å². The molecule has 0 amide bonds. The zero-order chi connectivity index (χ0) is 12.1. The van der Waals surface area contributed by atoms with Crippen molar-refractivity contribution in [3.05, 3.63) is 11.3 Å². The summed E-state index contributed by atoms with van der Waals surface area (Å²) in [5.74, 6) is 0. The largest absolute Gasteiger partial charge is 0.262 e. The van der Waals surface area contributed by atoms with Crippen molar-refractivity contribution in [3.63, 3.8) is 0 Å². The lowest BCUT2D eigenvalue weighted by Crippen LogP contribution is -2.17. The van der Waals surface area contributed by atoms with E-state index >= 15 is 0 Å². The summed E-state index contributed by atoms with van der Waals surface area (Å²) >= 11 is 0. The van der Waals surface area contributed by atoms with Crippen LogP contribution in [0.4, 0.5) is 0 Å². The summed E-state index contributed by atoms with van der Waals surface area (Å²) in [6.45, 7) is 15.4. The van der Waals surface area contributed by atoms with Crippen LogP contribution in [0, 0.1) is 5.41 Å². The third kappa shape index (κ3) is 5.15. The maximum Gasteiger partial charge on any atom is 0.0392 e. The zero-order valence-electron chi connectivity index (χ0n) is 11.6. The molecule has 0 radical (unpaired) electrons. The summed E-state index contributed by atoms with van der Waals surface area (Å²) in [5.41, 5.74) is 4.15. The molecule has 0 atom stereocenters. The minimum absolute atomic E-state index is 0.188. The van der Waals surface area contributed by atoms with E-state index in [9.17, 15) is 0 Å². The van der Waals surface area contributed by atoms with Crippen LogP contribution in [0.5, 0.6) is 0 Å². The van der Waals surface area contributed by atoms with Crippen LogP contribution in [-0.2, 0) is 0 Å². The third-order valence-electron chi connectivity index (χ3n) is 2.90. The first-order valence-electron chi connectivity index (χ1n) is 6.07. The molecule has 0 saturated heterocycles. The number of hydrogen-bond acceptors (Lipinski definition) is 1. The highest BCUT2D eigenvalue weighted by Crippen LogP contribution is 2.21. The SMILES string of the molecule is CCCC(/N=C(\C)C(C)(C)C)=C(/C)CC. The van der Waals surface area contributed by atoms with Crippen molar-refractivity contribution in [1.29, 1.82) is 0 Å². The third-order valence-corrected chi connectivity index (χ3v) is 2.90. The predicted octanol–water partition coefficient (Wildman–Crippen LogP) is 4.98. The molecule has 1 nitrogen and oxygen atoms in total. The van der Waals surface area contributed by atoms with Gasteiger partial charge in [-0.2, -0.15) is 0 Å². The first-order valence-corrected chi connectivity index (χ1v) is 6.07. The fourth-order valence-electron chi connectivity index (χ4n) is 1.18. The van der Waals surface area contributed by atoms with Gasteiger partial charge in [-0.15, -0.1) is 0 Å². The molecular formula is C14H27N. The van der Waals surface area contributed by atoms with Crippen LogP contribution in [-0.4, -0.2) is 5.71 Å². The molecule has 0 saturated carbocycles. The molecule has 15 heavy (non-hydrogen) atoms. The van der Waals surface area contributed by atoms with E-state index in [1.807, 2.05) is 0 Å². The summed E-state index contributed by atoms with van der Waals surface area (Å²) in [5, 5.41) is 0. The normalized spacial score (nSPS) is 15.3. The molecule has 1 heteroatoms. The van der Waals surface area contributed by atoms with Gasteiger partial charge in [-0.3, -0.25) is 4.99 Å². The van der Waals surface area contributed by atoms with E-state index in [2.05, 4.69) is 48.5 Å². The number of aliphatic imine (C=N–C) groups is 1. The number of nitrogens with zero attached hydrogens (tertiary/aromatic N) is 1. The van der Waals surface area contributed by atoms with Gasteiger partial charge in [0.2, 0.25) is 0 Å². The van der Waals surface area contributed by atoms with Gasteiger partial charge in [0, 0.05) is 11.4 Å². The Morgan fingerprint density at radius 1 is 1.07 bits per heavy atom. The minimum Gasteiger partial charge on any atom is -0.262 e. The van der Waals surface area contributed by atoms with Crippen molar-refractivity contribution in [2.24, 2.45) is 10.4 Å². The van der Waals surface area contributed by atoms with Crippen molar-refractivity contribution in [2.45, 2.75) is 67.7 Å². The molecule has 0 aliphatic rings. The van der Waals surface area contributed by atoms with Crippen LogP contribution < -0.4 is 0 Å². The predicted molar refractivity (Wildman–Crippen MR) is 70.5 cm³/mol. The standard InChI is InChI=1S/C14H27N/c1-8-10-13(11(3)9-2)15-12(4)14(5,6)7/h8-10H2,1-7H3/b13-11+,15-12+. The highest BCUT2D eigenvalue weighted by Gasteiger charge is 2.14. The Morgan fingerprint density at radius 2 is 1.60 bits per heavy atom. The van der Waals surface area contributed by atoms with Gasteiger partial charge in [0.1, 0.15) is 0 Å². The van der Waals surface area contributed by atoms with Crippen molar-refractivity contribution in [3.8, 4) is 0 Å². The highest BCUT2D eigenvalue weighted by molar-refractivity contribution is 5.87. The van der Waals surface area contributed by atoms with Gasteiger partial charge in [-0.25, -0.2) is 0 Å². The first kappa shape index (κ1) is 14.4. The lowest BCUT2D eigenvalue weighted by molar-refractivity contribution is 0.586. The molecule has 0 rings (SSSR count). The Bertz CT molecular complexity index is 251. The Labute approximate surface area is 95.7 Å². The maximum absolute atomic E-state index is 4.80. The van der Waals surface area contributed by atoms with Gasteiger partial charge < -0.3 is 0 Å². The van der Waals surface area contributed by atoms with Crippen molar-refractivity contribution in [2.75, 3.05) is 0 Å². The van der Waals surface area contributed by atoms with Crippen LogP contribution in [0.25, 0.3) is 0 Å². The van der Waals surface area contributed by atoms with E-state index in [1.54, 1.807) is 0 Å². The smallest absolute Gasteiger partial charge is 0.0392 e. The van der Waals surface area contributed by atoms with Crippen molar-refractivity contribution >= 4 is 5.71 Å². The van der Waals surface area contributed by atoms with Gasteiger partial charge in [0.05, 0.1) is 0 Å². The van der Waals surface area contributed by atoms with E-state index in [-0.39, 0.29) is 5.41 Å². The molecule has 0 aromatic heterocycles. The fourth-order valence-corrected chi connectivity index (χ4v) is 1.18. The molecule has 0 bridgehead atoms. The molecular weight excluding hydrogens is 182 g/mol. The van der Waals surface area contributed by atoms with Crippen molar-refractivity contribution in [1.82, 2.24) is 0 Å². The minimum atomic E-state index is 0.188. The number of allylic oxidation sites excluding steroid dienone is 2. The summed E-state index contributed by atoms with van der Waals surface area (Å²) in [4.78, 5) is 4.80. The van der Waals surface area contributed by atoms with Gasteiger partial charge >= 0.3 is 0 Å². The quantitative estimate of drug-likeness (QED) is 0.579. The van der Waals surface area contributed by atoms with Crippen molar-refractivity contribution < 1.29 is 0 Å². The highest BCUT2D eigenvalue weighted by atomic mass is 14.8. The summed E-state index contributed by atoms with van der Waals surface area (Å²) in [6, 6.07) is 0. The Hall–Kier alpha value is -0.590. The van der Waals surface area contributed by atoms with E-state index in [0.29, 0.717) is 0 Å². The summed E-state index contributed by atoms with van der Waals surface area (Å²) in [7, 11) is 0. The van der Waals surface area contributed by atoms with Crippen LogP contribution in [0.1, 0.15) is 67.7 Å². The van der Waals surface area contributed by atoms with Gasteiger partial charge in [-0.05, 0) is 32.1 Å². The molecule has 0 N–H and O–H groups in total. The van der Waals surface area contributed by atoms with Crippen LogP contribution >= 0.6 is 0 Å². The van der Waals surface area contributed by atoms with Gasteiger partial charge in [0.25, 0.3) is 0 Å². The van der Waals surface area contributed by atoms with E-state index in [0.717, 1.165) is 12.8 Å². The first-order chi connectivity index (χ1) is 6.82. The van der Waals surface area contributed by atoms with E-state index in [4.69, 9.17) is 4.99 Å². The second-order valence-electron chi connectivity index (χ2n) is 5.28. The monoisotopic (exact) mass is 209 g/mol. The molecule has 0 heterocycles. The maximum atomic E-state index is 4.80. The number of rotatable bonds is 4. The average Bonchev–Trinajstić information content (AvgIpc) is 2.14. The lowest BCUT2D eigenvalue weighted by atomic mass is 9.91. The molecule has 0 aromatic carbocycles. The Kier molecular flexibility index (Phi) is 5.85. The molecule has 0 unspecified atom stereocenters. The van der Waals surface area contributed by atoms with Gasteiger partial charge in [-0.1, -0.05) is 46.6 Å². The molecule has 0 aromatic rings. The van der Waals surface area contributed by atoms with Crippen LogP contribution in [0.3, 0.4) is 0 Å². The number of hydrogen-bond donors (Lipinski definition) is 0. The topological polar surface area (TPSA) is 12.4 Å². The average molecular weight is 209 g/mol.